The summed E-state index contributed by atoms with van der Waals surface area (Å²) >= 11 is 3.11. The first kappa shape index (κ1) is 12.3. The van der Waals surface area contributed by atoms with Crippen LogP contribution in [0.25, 0.3) is 20.5 Å². The van der Waals surface area contributed by atoms with Gasteiger partial charge in [0.05, 0.1) is 9.88 Å². The minimum Gasteiger partial charge on any atom is -0.476 e. The van der Waals surface area contributed by atoms with Crippen molar-refractivity contribution in [1.29, 1.82) is 0 Å². The van der Waals surface area contributed by atoms with Gasteiger partial charge in [0, 0.05) is 21.0 Å². The highest BCUT2D eigenvalue weighted by atomic mass is 32.1. The Bertz CT molecular complexity index is 758. The molecule has 0 radical (unpaired) electrons. The van der Waals surface area contributed by atoms with Crippen molar-refractivity contribution in [3.8, 4) is 10.4 Å². The first-order chi connectivity index (χ1) is 9.20. The summed E-state index contributed by atoms with van der Waals surface area (Å²) in [5.74, 6) is -0.957. The molecule has 0 spiro atoms. The van der Waals surface area contributed by atoms with Crippen LogP contribution in [0.3, 0.4) is 0 Å². The molecular formula is C14H11NO2S2. The third kappa shape index (κ3) is 2.05. The van der Waals surface area contributed by atoms with Crippen LogP contribution in [0.1, 0.15) is 22.4 Å². The lowest BCUT2D eigenvalue weighted by atomic mass is 10.1. The van der Waals surface area contributed by atoms with E-state index in [1.165, 1.54) is 16.0 Å². The fourth-order valence-electron chi connectivity index (χ4n) is 2.00. The summed E-state index contributed by atoms with van der Waals surface area (Å²) in [4.78, 5) is 16.3. The van der Waals surface area contributed by atoms with Gasteiger partial charge in [-0.25, -0.2) is 9.78 Å². The van der Waals surface area contributed by atoms with Gasteiger partial charge in [0.15, 0.2) is 5.69 Å². The molecule has 0 saturated carbocycles. The summed E-state index contributed by atoms with van der Waals surface area (Å²) in [6.07, 6.45) is 0.757. The number of carboxylic acids is 1. The van der Waals surface area contributed by atoms with Gasteiger partial charge in [0.2, 0.25) is 0 Å². The van der Waals surface area contributed by atoms with Gasteiger partial charge in [-0.15, -0.1) is 22.7 Å². The minimum absolute atomic E-state index is 0.172. The van der Waals surface area contributed by atoms with Crippen LogP contribution < -0.4 is 0 Å². The highest BCUT2D eigenvalue weighted by Crippen LogP contribution is 2.38. The number of fused-ring (bicyclic) bond motifs is 1. The van der Waals surface area contributed by atoms with Gasteiger partial charge in [-0.05, 0) is 12.5 Å². The second-order valence-electron chi connectivity index (χ2n) is 4.09. The fraction of sp³-hybridized carbons (Fsp3) is 0.143. The van der Waals surface area contributed by atoms with Crippen LogP contribution in [-0.4, -0.2) is 16.1 Å². The van der Waals surface area contributed by atoms with Crippen LogP contribution in [0.15, 0.2) is 29.6 Å². The quantitative estimate of drug-likeness (QED) is 0.782. The Morgan fingerprint density at radius 3 is 2.89 bits per heavy atom. The van der Waals surface area contributed by atoms with E-state index in [2.05, 4.69) is 4.98 Å². The number of rotatable bonds is 3. The zero-order valence-corrected chi connectivity index (χ0v) is 11.8. The molecule has 96 valence electrons. The standard InChI is InChI=1S/C14H11NO2S2/c1-2-11-15-12(14(16)17)13(19-11)9-7-18-10-6-4-3-5-8(9)10/h3-7H,2H2,1H3,(H,16,17). The normalized spacial score (nSPS) is 11.0. The zero-order chi connectivity index (χ0) is 13.4. The molecule has 1 N–H and O–H groups in total. The molecule has 0 atom stereocenters. The molecule has 0 aliphatic rings. The molecule has 1 aromatic carbocycles. The number of thiazole rings is 1. The molecule has 3 nitrogen and oxygen atoms in total. The van der Waals surface area contributed by atoms with Crippen LogP contribution in [0, 0.1) is 0 Å². The van der Waals surface area contributed by atoms with Gasteiger partial charge in [-0.2, -0.15) is 0 Å². The van der Waals surface area contributed by atoms with Crippen LogP contribution in [0.4, 0.5) is 0 Å². The predicted molar refractivity (Wildman–Crippen MR) is 79.3 cm³/mol. The zero-order valence-electron chi connectivity index (χ0n) is 10.2. The molecule has 2 heterocycles. The molecule has 0 aliphatic carbocycles. The van der Waals surface area contributed by atoms with Crippen molar-refractivity contribution in [2.24, 2.45) is 0 Å². The van der Waals surface area contributed by atoms with Gasteiger partial charge >= 0.3 is 5.97 Å². The molecule has 0 bridgehead atoms. The van der Waals surface area contributed by atoms with E-state index in [0.717, 1.165) is 27.3 Å². The van der Waals surface area contributed by atoms with E-state index in [-0.39, 0.29) is 5.69 Å². The van der Waals surface area contributed by atoms with Gasteiger partial charge in [0.1, 0.15) is 0 Å². The summed E-state index contributed by atoms with van der Waals surface area (Å²) < 4.78 is 1.17. The average molecular weight is 289 g/mol. The first-order valence-electron chi connectivity index (χ1n) is 5.90. The van der Waals surface area contributed by atoms with Crippen molar-refractivity contribution in [2.45, 2.75) is 13.3 Å². The molecule has 19 heavy (non-hydrogen) atoms. The number of aryl methyl sites for hydroxylation is 1. The lowest BCUT2D eigenvalue weighted by molar-refractivity contribution is 0.0692. The van der Waals surface area contributed by atoms with E-state index in [1.807, 2.05) is 36.6 Å². The maximum Gasteiger partial charge on any atom is 0.356 e. The Morgan fingerprint density at radius 1 is 1.37 bits per heavy atom. The Balaban J connectivity index is 2.26. The lowest BCUT2D eigenvalue weighted by Crippen LogP contribution is -1.98. The summed E-state index contributed by atoms with van der Waals surface area (Å²) in [6, 6.07) is 8.04. The molecule has 0 aliphatic heterocycles. The summed E-state index contributed by atoms with van der Waals surface area (Å²) in [5, 5.41) is 13.3. The summed E-state index contributed by atoms with van der Waals surface area (Å²) in [7, 11) is 0. The second kappa shape index (κ2) is 4.75. The fourth-order valence-corrected chi connectivity index (χ4v) is 4.05. The maximum atomic E-state index is 11.3. The number of carboxylic acid groups (broad SMARTS) is 1. The Morgan fingerprint density at radius 2 is 2.16 bits per heavy atom. The number of aromatic carboxylic acids is 1. The van der Waals surface area contributed by atoms with Crippen molar-refractivity contribution < 1.29 is 9.90 Å². The Hall–Kier alpha value is -1.72. The SMILES string of the molecule is CCc1nc(C(=O)O)c(-c2csc3ccccc23)s1. The molecule has 0 amide bonds. The number of aromatic nitrogens is 1. The molecule has 5 heteroatoms. The smallest absolute Gasteiger partial charge is 0.356 e. The van der Waals surface area contributed by atoms with Gasteiger partial charge in [-0.3, -0.25) is 0 Å². The first-order valence-corrected chi connectivity index (χ1v) is 7.60. The van der Waals surface area contributed by atoms with E-state index in [9.17, 15) is 9.90 Å². The van der Waals surface area contributed by atoms with Crippen molar-refractivity contribution >= 4 is 38.7 Å². The molecule has 3 aromatic rings. The number of hydrogen-bond donors (Lipinski definition) is 1. The van der Waals surface area contributed by atoms with E-state index in [1.54, 1.807) is 11.3 Å². The highest BCUT2D eigenvalue weighted by Gasteiger charge is 2.20. The van der Waals surface area contributed by atoms with Crippen LogP contribution >= 0.6 is 22.7 Å². The number of benzene rings is 1. The van der Waals surface area contributed by atoms with E-state index in [0.29, 0.717) is 0 Å². The predicted octanol–water partition coefficient (Wildman–Crippen LogP) is 4.29. The topological polar surface area (TPSA) is 50.2 Å². The summed E-state index contributed by atoms with van der Waals surface area (Å²) in [5.41, 5.74) is 1.15. The monoisotopic (exact) mass is 289 g/mol. The van der Waals surface area contributed by atoms with E-state index >= 15 is 0 Å². The van der Waals surface area contributed by atoms with Crippen molar-refractivity contribution in [3.05, 3.63) is 40.3 Å². The van der Waals surface area contributed by atoms with Gasteiger partial charge < -0.3 is 5.11 Å². The minimum atomic E-state index is -0.957. The molecule has 2 aromatic heterocycles. The lowest BCUT2D eigenvalue weighted by Gasteiger charge is -1.97. The van der Waals surface area contributed by atoms with Crippen molar-refractivity contribution in [3.63, 3.8) is 0 Å². The number of nitrogens with zero attached hydrogens (tertiary/aromatic N) is 1. The van der Waals surface area contributed by atoms with Crippen molar-refractivity contribution in [2.75, 3.05) is 0 Å². The number of hydrogen-bond acceptors (Lipinski definition) is 4. The van der Waals surface area contributed by atoms with Crippen LogP contribution in [0.2, 0.25) is 0 Å². The summed E-state index contributed by atoms with van der Waals surface area (Å²) in [6.45, 7) is 1.99. The van der Waals surface area contributed by atoms with E-state index < -0.39 is 5.97 Å². The molecule has 0 saturated heterocycles. The molecule has 3 rings (SSSR count). The molecule has 0 unspecified atom stereocenters. The third-order valence-electron chi connectivity index (χ3n) is 2.90. The van der Waals surface area contributed by atoms with Gasteiger partial charge in [-0.1, -0.05) is 25.1 Å². The van der Waals surface area contributed by atoms with E-state index in [4.69, 9.17) is 0 Å². The molecule has 0 fully saturated rings. The number of carbonyl (C=O) groups is 1. The van der Waals surface area contributed by atoms with Crippen LogP contribution in [0.5, 0.6) is 0 Å². The highest BCUT2D eigenvalue weighted by molar-refractivity contribution is 7.19. The van der Waals surface area contributed by atoms with Crippen molar-refractivity contribution in [1.82, 2.24) is 4.98 Å². The largest absolute Gasteiger partial charge is 0.476 e. The van der Waals surface area contributed by atoms with Crippen LogP contribution in [-0.2, 0) is 6.42 Å². The second-order valence-corrected chi connectivity index (χ2v) is 6.08. The third-order valence-corrected chi connectivity index (χ3v) is 5.10. The van der Waals surface area contributed by atoms with Gasteiger partial charge in [0.25, 0.3) is 0 Å². The Kier molecular flexibility index (Phi) is 3.08. The number of thiophene rings is 1. The Labute approximate surface area is 118 Å². The average Bonchev–Trinajstić information content (AvgIpc) is 3.02. The maximum absolute atomic E-state index is 11.3. The molecular weight excluding hydrogens is 278 g/mol.